The molecule has 0 aliphatic heterocycles. The van der Waals surface area contributed by atoms with Crippen LogP contribution in [-0.4, -0.2) is 16.5 Å². The van der Waals surface area contributed by atoms with Crippen LogP contribution < -0.4 is 5.32 Å². The maximum absolute atomic E-state index is 4.37. The Morgan fingerprint density at radius 1 is 1.28 bits per heavy atom. The lowest BCUT2D eigenvalue weighted by atomic mass is 10.0. The van der Waals surface area contributed by atoms with Crippen molar-refractivity contribution in [1.82, 2.24) is 15.3 Å². The maximum atomic E-state index is 4.37. The molecule has 0 bridgehead atoms. The minimum Gasteiger partial charge on any atom is -0.347 e. The van der Waals surface area contributed by atoms with E-state index in [9.17, 15) is 0 Å². The van der Waals surface area contributed by atoms with Crippen LogP contribution in [0.1, 0.15) is 36.3 Å². The minimum atomic E-state index is 0.266. The molecule has 0 aliphatic carbocycles. The van der Waals surface area contributed by atoms with E-state index in [4.69, 9.17) is 0 Å². The second kappa shape index (κ2) is 6.36. The summed E-state index contributed by atoms with van der Waals surface area (Å²) in [4.78, 5) is 7.57. The number of hydrogen-bond donors (Lipinski definition) is 2. The van der Waals surface area contributed by atoms with Crippen LogP contribution in [0.15, 0.2) is 36.7 Å². The number of nitrogens with one attached hydrogen (secondary N) is 2. The van der Waals surface area contributed by atoms with Gasteiger partial charge in [-0.3, -0.25) is 0 Å². The van der Waals surface area contributed by atoms with Crippen LogP contribution in [0.2, 0.25) is 0 Å². The summed E-state index contributed by atoms with van der Waals surface area (Å²) in [5, 5.41) is 3.54. The molecule has 2 rings (SSSR count). The molecule has 1 aromatic carbocycles. The summed E-state index contributed by atoms with van der Waals surface area (Å²) in [6, 6.07) is 8.98. The van der Waals surface area contributed by atoms with Crippen LogP contribution in [-0.2, 0) is 6.42 Å². The van der Waals surface area contributed by atoms with E-state index in [0.29, 0.717) is 0 Å². The highest BCUT2D eigenvalue weighted by Crippen LogP contribution is 2.15. The molecule has 1 heterocycles. The molecule has 1 unspecified atom stereocenters. The molecule has 0 spiro atoms. The molecule has 1 aromatic heterocycles. The second-order valence-electron chi connectivity index (χ2n) is 4.67. The largest absolute Gasteiger partial charge is 0.347 e. The topological polar surface area (TPSA) is 40.7 Å². The lowest BCUT2D eigenvalue weighted by Gasteiger charge is -2.16. The normalized spacial score (nSPS) is 12.6. The Hall–Kier alpha value is -1.61. The summed E-state index contributed by atoms with van der Waals surface area (Å²) in [5.41, 5.74) is 2.64. The minimum absolute atomic E-state index is 0.266. The summed E-state index contributed by atoms with van der Waals surface area (Å²) >= 11 is 0. The monoisotopic (exact) mass is 243 g/mol. The average Bonchev–Trinajstić information content (AvgIpc) is 2.90. The highest BCUT2D eigenvalue weighted by Gasteiger charge is 2.13. The number of benzene rings is 1. The van der Waals surface area contributed by atoms with Crippen LogP contribution in [0.5, 0.6) is 0 Å². The van der Waals surface area contributed by atoms with Gasteiger partial charge < -0.3 is 10.3 Å². The molecule has 0 radical (unpaired) electrons. The summed E-state index contributed by atoms with van der Waals surface area (Å²) in [5.74, 6) is 1.02. The molecule has 18 heavy (non-hydrogen) atoms. The van der Waals surface area contributed by atoms with Gasteiger partial charge in [0.2, 0.25) is 0 Å². The number of imidazole rings is 1. The number of aryl methyl sites for hydroxylation is 1. The van der Waals surface area contributed by atoms with Gasteiger partial charge in [-0.1, -0.05) is 36.8 Å². The quantitative estimate of drug-likeness (QED) is 0.819. The molecule has 3 heteroatoms. The number of H-pyrrole nitrogens is 1. The van der Waals surface area contributed by atoms with Gasteiger partial charge in [-0.25, -0.2) is 4.98 Å². The summed E-state index contributed by atoms with van der Waals surface area (Å²) in [6.45, 7) is 5.30. The molecular formula is C15H21N3. The van der Waals surface area contributed by atoms with Crippen molar-refractivity contribution in [3.05, 3.63) is 53.6 Å². The van der Waals surface area contributed by atoms with Crippen LogP contribution in [0.3, 0.4) is 0 Å². The van der Waals surface area contributed by atoms with Crippen molar-refractivity contribution in [3.63, 3.8) is 0 Å². The molecule has 0 saturated heterocycles. The van der Waals surface area contributed by atoms with Gasteiger partial charge in [0.15, 0.2) is 0 Å². The number of hydrogen-bond acceptors (Lipinski definition) is 2. The van der Waals surface area contributed by atoms with E-state index in [2.05, 4.69) is 53.4 Å². The number of nitrogens with zero attached hydrogens (tertiary/aromatic N) is 1. The predicted molar refractivity (Wildman–Crippen MR) is 74.5 cm³/mol. The first-order valence-corrected chi connectivity index (χ1v) is 6.57. The van der Waals surface area contributed by atoms with Gasteiger partial charge in [0.05, 0.1) is 6.04 Å². The zero-order valence-corrected chi connectivity index (χ0v) is 11.1. The summed E-state index contributed by atoms with van der Waals surface area (Å²) < 4.78 is 0. The molecule has 1 atom stereocenters. The fourth-order valence-electron chi connectivity index (χ4n) is 2.01. The second-order valence-corrected chi connectivity index (χ2v) is 4.67. The Balaban J connectivity index is 2.07. The molecule has 2 N–H and O–H groups in total. The van der Waals surface area contributed by atoms with E-state index < -0.39 is 0 Å². The van der Waals surface area contributed by atoms with Crippen molar-refractivity contribution in [2.75, 3.05) is 6.54 Å². The van der Waals surface area contributed by atoms with E-state index in [1.807, 2.05) is 12.4 Å². The van der Waals surface area contributed by atoms with Crippen molar-refractivity contribution >= 4 is 0 Å². The van der Waals surface area contributed by atoms with Gasteiger partial charge in [-0.05, 0) is 31.9 Å². The van der Waals surface area contributed by atoms with E-state index in [1.54, 1.807) is 0 Å². The molecule has 96 valence electrons. The fourth-order valence-corrected chi connectivity index (χ4v) is 2.01. The third-order valence-corrected chi connectivity index (χ3v) is 3.05. The zero-order chi connectivity index (χ0) is 12.8. The molecule has 0 aliphatic rings. The lowest BCUT2D eigenvalue weighted by molar-refractivity contribution is 0.508. The van der Waals surface area contributed by atoms with Gasteiger partial charge in [-0.15, -0.1) is 0 Å². The Bertz CT molecular complexity index is 445. The first-order valence-electron chi connectivity index (χ1n) is 6.57. The SMILES string of the molecule is CCCNC(Cc1ccc(C)cc1)c1ncc[nH]1. The van der Waals surface area contributed by atoms with Crippen LogP contribution in [0.25, 0.3) is 0 Å². The third-order valence-electron chi connectivity index (χ3n) is 3.05. The Morgan fingerprint density at radius 2 is 2.06 bits per heavy atom. The van der Waals surface area contributed by atoms with Crippen LogP contribution in [0.4, 0.5) is 0 Å². The fraction of sp³-hybridized carbons (Fsp3) is 0.400. The lowest BCUT2D eigenvalue weighted by Crippen LogP contribution is -2.25. The summed E-state index contributed by atoms with van der Waals surface area (Å²) in [7, 11) is 0. The first-order chi connectivity index (χ1) is 8.79. The number of rotatable bonds is 6. The van der Waals surface area contributed by atoms with E-state index in [-0.39, 0.29) is 6.04 Å². The Morgan fingerprint density at radius 3 is 2.67 bits per heavy atom. The van der Waals surface area contributed by atoms with Gasteiger partial charge in [0, 0.05) is 12.4 Å². The van der Waals surface area contributed by atoms with E-state index in [1.165, 1.54) is 11.1 Å². The maximum Gasteiger partial charge on any atom is 0.123 e. The van der Waals surface area contributed by atoms with E-state index >= 15 is 0 Å². The number of aromatic nitrogens is 2. The van der Waals surface area contributed by atoms with Gasteiger partial charge in [0.25, 0.3) is 0 Å². The molecule has 2 aromatic rings. The third kappa shape index (κ3) is 3.44. The molecular weight excluding hydrogens is 222 g/mol. The molecule has 0 fully saturated rings. The standard InChI is InChI=1S/C15H21N3/c1-3-8-16-14(15-17-9-10-18-15)11-13-6-4-12(2)5-7-13/h4-7,9-10,14,16H,3,8,11H2,1-2H3,(H,17,18). The Labute approximate surface area is 109 Å². The van der Waals surface area contributed by atoms with Crippen molar-refractivity contribution in [2.45, 2.75) is 32.7 Å². The first kappa shape index (κ1) is 12.8. The molecule has 0 saturated carbocycles. The van der Waals surface area contributed by atoms with Gasteiger partial charge in [0.1, 0.15) is 5.82 Å². The molecule has 3 nitrogen and oxygen atoms in total. The van der Waals surface area contributed by atoms with Crippen molar-refractivity contribution < 1.29 is 0 Å². The summed E-state index contributed by atoms with van der Waals surface area (Å²) in [6.07, 6.45) is 5.79. The van der Waals surface area contributed by atoms with Crippen molar-refractivity contribution in [2.24, 2.45) is 0 Å². The highest BCUT2D eigenvalue weighted by atomic mass is 15.0. The Kier molecular flexibility index (Phi) is 4.53. The van der Waals surface area contributed by atoms with E-state index in [0.717, 1.165) is 25.2 Å². The smallest absolute Gasteiger partial charge is 0.123 e. The average molecular weight is 243 g/mol. The van der Waals surface area contributed by atoms with Gasteiger partial charge >= 0.3 is 0 Å². The zero-order valence-electron chi connectivity index (χ0n) is 11.1. The van der Waals surface area contributed by atoms with Gasteiger partial charge in [-0.2, -0.15) is 0 Å². The molecule has 0 amide bonds. The van der Waals surface area contributed by atoms with Crippen LogP contribution >= 0.6 is 0 Å². The predicted octanol–water partition coefficient (Wildman–Crippen LogP) is 3.00. The highest BCUT2D eigenvalue weighted by molar-refractivity contribution is 5.22. The number of aromatic amines is 1. The van der Waals surface area contributed by atoms with Crippen molar-refractivity contribution in [1.29, 1.82) is 0 Å². The van der Waals surface area contributed by atoms with Crippen LogP contribution in [0, 0.1) is 6.92 Å². The van der Waals surface area contributed by atoms with Crippen molar-refractivity contribution in [3.8, 4) is 0 Å².